The van der Waals surface area contributed by atoms with Gasteiger partial charge in [-0.05, 0) is 0 Å². The van der Waals surface area contributed by atoms with Crippen molar-refractivity contribution in [2.75, 3.05) is 0 Å². The van der Waals surface area contributed by atoms with Gasteiger partial charge in [-0.1, -0.05) is 0 Å². The summed E-state index contributed by atoms with van der Waals surface area (Å²) in [6, 6.07) is 0. The summed E-state index contributed by atoms with van der Waals surface area (Å²) in [7, 11) is -5.39. The zero-order valence-electron chi connectivity index (χ0n) is 2.66. The molecule has 32 valence electrons. The molecule has 0 fully saturated rings. The molecule has 0 N–H and O–H groups in total. The fourth-order valence-electron chi connectivity index (χ4n) is 0. The van der Waals surface area contributed by atoms with Crippen molar-refractivity contribution in [2.45, 2.75) is 0 Å². The minimum Gasteiger partial charge on any atom is -0.822 e. The molecule has 0 bridgehead atoms. The SMILES string of the molecule is O=P([O-])([O-])[O-].[Y+3]. The van der Waals surface area contributed by atoms with Crippen molar-refractivity contribution < 1.29 is 52.0 Å². The molecule has 0 unspecified atom stereocenters. The molecule has 4 nitrogen and oxygen atoms in total. The van der Waals surface area contributed by atoms with Crippen molar-refractivity contribution in [2.24, 2.45) is 0 Å². The summed E-state index contributed by atoms with van der Waals surface area (Å²) in [4.78, 5) is 25.6. The monoisotopic (exact) mass is 184 g/mol. The van der Waals surface area contributed by atoms with Gasteiger partial charge in [-0.15, -0.1) is 0 Å². The molecule has 6 heavy (non-hydrogen) atoms. The number of hydrogen-bond donors (Lipinski definition) is 0. The van der Waals surface area contributed by atoms with E-state index in [-0.39, 0.29) is 32.7 Å². The van der Waals surface area contributed by atoms with Gasteiger partial charge < -0.3 is 19.2 Å². The van der Waals surface area contributed by atoms with Crippen LogP contribution in [-0.4, -0.2) is 0 Å². The largest absolute Gasteiger partial charge is 3.00 e. The maximum absolute atomic E-state index is 8.55. The van der Waals surface area contributed by atoms with Crippen molar-refractivity contribution >= 4 is 7.82 Å². The molecule has 0 aliphatic carbocycles. The van der Waals surface area contributed by atoms with Gasteiger partial charge in [0.1, 0.15) is 0 Å². The third-order valence-electron chi connectivity index (χ3n) is 0. The molecule has 0 rings (SSSR count). The van der Waals surface area contributed by atoms with Gasteiger partial charge in [0.15, 0.2) is 0 Å². The molecule has 0 radical (unpaired) electrons. The fourth-order valence-corrected chi connectivity index (χ4v) is 0. The van der Waals surface area contributed by atoms with Crippen LogP contribution >= 0.6 is 7.82 Å². The second-order valence-electron chi connectivity index (χ2n) is 0.447. The van der Waals surface area contributed by atoms with Crippen molar-refractivity contribution in [3.05, 3.63) is 0 Å². The number of phosphoric acid groups is 1. The van der Waals surface area contributed by atoms with E-state index in [1.807, 2.05) is 0 Å². The van der Waals surface area contributed by atoms with Crippen molar-refractivity contribution in [3.8, 4) is 0 Å². The van der Waals surface area contributed by atoms with Crippen LogP contribution in [0.1, 0.15) is 0 Å². The van der Waals surface area contributed by atoms with Gasteiger partial charge in [0.25, 0.3) is 0 Å². The molecular weight excluding hydrogens is 184 g/mol. The van der Waals surface area contributed by atoms with Gasteiger partial charge in [0, 0.05) is 0 Å². The molecule has 0 spiro atoms. The normalized spacial score (nSPS) is 9.83. The maximum Gasteiger partial charge on any atom is 3.00 e. The second-order valence-corrected chi connectivity index (χ2v) is 1.34. The predicted molar refractivity (Wildman–Crippen MR) is 7.61 cm³/mol. The van der Waals surface area contributed by atoms with E-state index in [4.69, 9.17) is 19.2 Å². The minimum atomic E-state index is -5.39. The Labute approximate surface area is 59.7 Å². The van der Waals surface area contributed by atoms with Crippen LogP contribution in [0.5, 0.6) is 0 Å². The first kappa shape index (κ1) is 10.2. The molecule has 0 saturated carbocycles. The van der Waals surface area contributed by atoms with Crippen molar-refractivity contribution in [1.29, 1.82) is 0 Å². The first-order valence-corrected chi connectivity index (χ1v) is 2.19. The van der Waals surface area contributed by atoms with Crippen molar-refractivity contribution in [1.82, 2.24) is 0 Å². The first-order chi connectivity index (χ1) is 2.00. The Bertz CT molecular complexity index is 53.7. The Morgan fingerprint density at radius 3 is 1.17 bits per heavy atom. The van der Waals surface area contributed by atoms with E-state index >= 15 is 0 Å². The van der Waals surface area contributed by atoms with Crippen LogP contribution in [0.15, 0.2) is 0 Å². The number of hydrogen-bond acceptors (Lipinski definition) is 4. The third kappa shape index (κ3) is 62.8. The van der Waals surface area contributed by atoms with Crippen LogP contribution in [0.4, 0.5) is 0 Å². The summed E-state index contributed by atoms with van der Waals surface area (Å²) in [6.07, 6.45) is 0. The fraction of sp³-hybridized carbons (Fsp3) is 0. The summed E-state index contributed by atoms with van der Waals surface area (Å²) in [6.45, 7) is 0. The van der Waals surface area contributed by atoms with Gasteiger partial charge in [0.2, 0.25) is 0 Å². The van der Waals surface area contributed by atoms with Crippen LogP contribution in [-0.2, 0) is 37.3 Å². The van der Waals surface area contributed by atoms with Crippen LogP contribution in [0.2, 0.25) is 0 Å². The molecule has 0 saturated heterocycles. The molecule has 0 heterocycles. The zero-order chi connectivity index (χ0) is 4.50. The standard InChI is InChI=1S/H3O4P.Y/c1-5(2,3)4;/h(H3,1,2,3,4);/q;+3/p-3. The molecule has 0 aromatic rings. The Balaban J connectivity index is 0. The van der Waals surface area contributed by atoms with Gasteiger partial charge in [-0.25, -0.2) is 0 Å². The van der Waals surface area contributed by atoms with Gasteiger partial charge >= 0.3 is 32.7 Å². The van der Waals surface area contributed by atoms with E-state index in [0.717, 1.165) is 0 Å². The molecule has 0 atom stereocenters. The molecule has 0 aromatic heterocycles. The topological polar surface area (TPSA) is 86.2 Å². The first-order valence-electron chi connectivity index (χ1n) is 0.730. The zero-order valence-corrected chi connectivity index (χ0v) is 6.39. The Hall–Kier alpha value is 1.21. The van der Waals surface area contributed by atoms with Gasteiger partial charge in [-0.2, -0.15) is 7.82 Å². The maximum atomic E-state index is 8.55. The van der Waals surface area contributed by atoms with Gasteiger partial charge in [0.05, 0.1) is 0 Å². The molecule has 0 aromatic carbocycles. The smallest absolute Gasteiger partial charge is 0.822 e. The molecular formula is O4PY. The summed E-state index contributed by atoms with van der Waals surface area (Å²) >= 11 is 0. The van der Waals surface area contributed by atoms with Gasteiger partial charge in [-0.3, -0.25) is 0 Å². The van der Waals surface area contributed by atoms with E-state index in [9.17, 15) is 0 Å². The summed E-state index contributed by atoms with van der Waals surface area (Å²) < 4.78 is 8.55. The third-order valence-corrected chi connectivity index (χ3v) is 0. The summed E-state index contributed by atoms with van der Waals surface area (Å²) in [5, 5.41) is 0. The van der Waals surface area contributed by atoms with Crippen LogP contribution in [0, 0.1) is 0 Å². The molecule has 6 heteroatoms. The van der Waals surface area contributed by atoms with Crippen LogP contribution < -0.4 is 14.7 Å². The molecule has 0 amide bonds. The average Bonchev–Trinajstić information content (AvgIpc) is 0.722. The van der Waals surface area contributed by atoms with E-state index in [0.29, 0.717) is 0 Å². The Morgan fingerprint density at radius 2 is 1.17 bits per heavy atom. The minimum absolute atomic E-state index is 0. The van der Waals surface area contributed by atoms with Crippen molar-refractivity contribution in [3.63, 3.8) is 0 Å². The van der Waals surface area contributed by atoms with E-state index in [2.05, 4.69) is 0 Å². The molecule has 0 aliphatic rings. The van der Waals surface area contributed by atoms with Crippen LogP contribution in [0.25, 0.3) is 0 Å². The molecule has 0 aliphatic heterocycles. The summed E-state index contributed by atoms with van der Waals surface area (Å²) in [5.41, 5.74) is 0. The van der Waals surface area contributed by atoms with E-state index in [1.165, 1.54) is 0 Å². The Morgan fingerprint density at radius 1 is 1.17 bits per heavy atom. The van der Waals surface area contributed by atoms with E-state index in [1.54, 1.807) is 0 Å². The number of rotatable bonds is 0. The van der Waals surface area contributed by atoms with E-state index < -0.39 is 7.82 Å². The predicted octanol–water partition coefficient (Wildman–Crippen LogP) is -2.83. The average molecular weight is 184 g/mol. The summed E-state index contributed by atoms with van der Waals surface area (Å²) in [5.74, 6) is 0. The quantitative estimate of drug-likeness (QED) is 0.379. The van der Waals surface area contributed by atoms with Crippen LogP contribution in [0.3, 0.4) is 0 Å². The second kappa shape index (κ2) is 3.25. The Kier molecular flexibility index (Phi) is 5.54.